The van der Waals surface area contributed by atoms with Gasteiger partial charge in [0, 0.05) is 25.7 Å². The molecule has 0 aromatic rings. The fraction of sp³-hybridized carbons (Fsp3) is 0.946. The summed E-state index contributed by atoms with van der Waals surface area (Å²) < 4.78 is 68.4. The first-order valence-electron chi connectivity index (χ1n) is 38.2. The average molecular weight is 1370 g/mol. The Morgan fingerprint density at radius 3 is 0.667 bits per heavy atom. The van der Waals surface area contributed by atoms with Crippen LogP contribution in [0, 0.1) is 23.7 Å². The molecule has 0 aliphatic rings. The van der Waals surface area contributed by atoms with E-state index in [1.807, 2.05) is 0 Å². The molecule has 0 saturated carbocycles. The third kappa shape index (κ3) is 68.4. The summed E-state index contributed by atoms with van der Waals surface area (Å²) >= 11 is 0. The van der Waals surface area contributed by atoms with Crippen molar-refractivity contribution in [1.82, 2.24) is 0 Å². The van der Waals surface area contributed by atoms with E-state index in [0.29, 0.717) is 31.6 Å². The second-order valence-electron chi connectivity index (χ2n) is 28.6. The Bertz CT molecular complexity index is 1830. The smallest absolute Gasteiger partial charge is 0.462 e. The van der Waals surface area contributed by atoms with Crippen LogP contribution in [0.2, 0.25) is 0 Å². The third-order valence-electron chi connectivity index (χ3n) is 17.1. The number of hydrogen-bond donors (Lipinski definition) is 3. The third-order valence-corrected chi connectivity index (χ3v) is 19.0. The zero-order valence-corrected chi connectivity index (χ0v) is 62.7. The number of esters is 4. The number of phosphoric ester groups is 2. The van der Waals surface area contributed by atoms with Gasteiger partial charge in [-0.15, -0.1) is 0 Å². The standard InChI is InChI=1S/C74H144O17P2/c1-64(2)50-42-34-26-19-14-12-10-9-11-13-15-22-31-40-48-56-73(78)90-69(60-84-71(76)54-46-38-30-24-18-21-28-36-44-52-66(5)6)62-88-92(80,81)86-58-68(75)59-87-93(82,83)89-63-70(61-85-72(77)55-47-39-33-25-29-37-45-53-67(7)8)91-74(79)57-49-41-32-23-17-16-20-27-35-43-51-65(3)4/h64-70,75H,9-63H2,1-8H3,(H,80,81)(H,82,83)/t68?,69-,70-/m1/s1. The predicted octanol–water partition coefficient (Wildman–Crippen LogP) is 21.3. The van der Waals surface area contributed by atoms with Gasteiger partial charge in [-0.2, -0.15) is 0 Å². The van der Waals surface area contributed by atoms with Crippen LogP contribution in [0.5, 0.6) is 0 Å². The summed E-state index contributed by atoms with van der Waals surface area (Å²) in [4.78, 5) is 72.7. The molecule has 0 radical (unpaired) electrons. The number of carbonyl (C=O) groups is 4. The maximum Gasteiger partial charge on any atom is 0.472 e. The van der Waals surface area contributed by atoms with Crippen molar-refractivity contribution in [2.45, 2.75) is 388 Å². The summed E-state index contributed by atoms with van der Waals surface area (Å²) in [6.45, 7) is 14.1. The SMILES string of the molecule is CC(C)CCCCCCCCCCCCCCCCCC(=O)O[C@H](COC(=O)CCCCCCCCCCCC(C)C)COP(=O)(O)OCC(O)COP(=O)(O)OC[C@@H](COC(=O)CCCCCCCCCC(C)C)OC(=O)CCCCCCCCCCCCC(C)C. The minimum absolute atomic E-state index is 0.105. The summed E-state index contributed by atoms with van der Waals surface area (Å²) in [5.41, 5.74) is 0. The van der Waals surface area contributed by atoms with E-state index in [2.05, 4.69) is 55.4 Å². The second-order valence-corrected chi connectivity index (χ2v) is 31.5. The Hall–Kier alpha value is -1.94. The number of unbranched alkanes of at least 4 members (excludes halogenated alkanes) is 37. The molecule has 0 heterocycles. The summed E-state index contributed by atoms with van der Waals surface area (Å²) in [5, 5.41) is 10.6. The van der Waals surface area contributed by atoms with Crippen molar-refractivity contribution in [3.63, 3.8) is 0 Å². The minimum atomic E-state index is -4.96. The van der Waals surface area contributed by atoms with E-state index < -0.39 is 97.5 Å². The van der Waals surface area contributed by atoms with Crippen LogP contribution in [0.3, 0.4) is 0 Å². The molecule has 552 valence electrons. The molecule has 0 bridgehead atoms. The van der Waals surface area contributed by atoms with Gasteiger partial charge in [0.05, 0.1) is 26.4 Å². The van der Waals surface area contributed by atoms with Gasteiger partial charge in [0.1, 0.15) is 19.3 Å². The van der Waals surface area contributed by atoms with Crippen LogP contribution in [0.15, 0.2) is 0 Å². The number of ether oxygens (including phenoxy) is 4. The lowest BCUT2D eigenvalue weighted by Crippen LogP contribution is -2.30. The predicted molar refractivity (Wildman–Crippen MR) is 377 cm³/mol. The lowest BCUT2D eigenvalue weighted by atomic mass is 10.0. The zero-order chi connectivity index (χ0) is 68.9. The van der Waals surface area contributed by atoms with Crippen molar-refractivity contribution in [2.24, 2.45) is 23.7 Å². The second kappa shape index (κ2) is 63.5. The number of aliphatic hydroxyl groups excluding tert-OH is 1. The van der Waals surface area contributed by atoms with Crippen LogP contribution in [-0.2, 0) is 65.4 Å². The number of hydrogen-bond acceptors (Lipinski definition) is 15. The van der Waals surface area contributed by atoms with Crippen molar-refractivity contribution in [1.29, 1.82) is 0 Å². The molecule has 0 aliphatic heterocycles. The van der Waals surface area contributed by atoms with Gasteiger partial charge in [-0.1, -0.05) is 319 Å². The highest BCUT2D eigenvalue weighted by Gasteiger charge is 2.30. The molecule has 0 rings (SSSR count). The minimum Gasteiger partial charge on any atom is -0.462 e. The first-order chi connectivity index (χ1) is 44.6. The summed E-state index contributed by atoms with van der Waals surface area (Å²) in [6.07, 6.45) is 47.3. The normalized spacial score (nSPS) is 14.2. The van der Waals surface area contributed by atoms with E-state index in [9.17, 15) is 43.2 Å². The summed E-state index contributed by atoms with van der Waals surface area (Å²) in [7, 11) is -9.91. The number of aliphatic hydroxyl groups is 1. The highest BCUT2D eigenvalue weighted by Crippen LogP contribution is 2.45. The largest absolute Gasteiger partial charge is 0.472 e. The Morgan fingerprint density at radius 1 is 0.269 bits per heavy atom. The molecular weight excluding hydrogens is 1220 g/mol. The molecular formula is C74H144O17P2. The molecule has 0 saturated heterocycles. The van der Waals surface area contributed by atoms with Crippen LogP contribution >= 0.6 is 15.6 Å². The summed E-state index contributed by atoms with van der Waals surface area (Å²) in [6, 6.07) is 0. The Balaban J connectivity index is 5.24. The van der Waals surface area contributed by atoms with E-state index in [1.165, 1.54) is 167 Å². The number of rotatable bonds is 71. The van der Waals surface area contributed by atoms with Gasteiger partial charge >= 0.3 is 39.5 Å². The molecule has 0 aliphatic carbocycles. The van der Waals surface area contributed by atoms with Gasteiger partial charge in [-0.3, -0.25) is 37.3 Å². The van der Waals surface area contributed by atoms with Gasteiger partial charge in [0.25, 0.3) is 0 Å². The molecule has 3 N–H and O–H groups in total. The van der Waals surface area contributed by atoms with Crippen molar-refractivity contribution in [3.8, 4) is 0 Å². The highest BCUT2D eigenvalue weighted by molar-refractivity contribution is 7.47. The Kier molecular flexibility index (Phi) is 62.2. The topological polar surface area (TPSA) is 237 Å². The Labute approximate surface area is 568 Å². The molecule has 5 atom stereocenters. The number of phosphoric acid groups is 2. The average Bonchev–Trinajstić information content (AvgIpc) is 3.22. The van der Waals surface area contributed by atoms with Crippen LogP contribution in [0.1, 0.15) is 370 Å². The quantitative estimate of drug-likeness (QED) is 0.0222. The van der Waals surface area contributed by atoms with Crippen molar-refractivity contribution < 1.29 is 80.2 Å². The van der Waals surface area contributed by atoms with Crippen LogP contribution in [-0.4, -0.2) is 96.7 Å². The Morgan fingerprint density at radius 2 is 0.452 bits per heavy atom. The van der Waals surface area contributed by atoms with Gasteiger partial charge in [-0.25, -0.2) is 9.13 Å². The maximum atomic E-state index is 13.1. The maximum absolute atomic E-state index is 13.1. The molecule has 0 amide bonds. The zero-order valence-electron chi connectivity index (χ0n) is 60.9. The van der Waals surface area contributed by atoms with E-state index in [1.54, 1.807) is 0 Å². The highest BCUT2D eigenvalue weighted by atomic mass is 31.2. The molecule has 0 aromatic heterocycles. The lowest BCUT2D eigenvalue weighted by molar-refractivity contribution is -0.161. The molecule has 0 spiro atoms. The van der Waals surface area contributed by atoms with Crippen molar-refractivity contribution >= 4 is 39.5 Å². The molecule has 19 heteroatoms. The molecule has 0 aromatic carbocycles. The van der Waals surface area contributed by atoms with Gasteiger partial charge in [0.15, 0.2) is 12.2 Å². The van der Waals surface area contributed by atoms with Crippen molar-refractivity contribution in [3.05, 3.63) is 0 Å². The molecule has 93 heavy (non-hydrogen) atoms. The van der Waals surface area contributed by atoms with E-state index in [0.717, 1.165) is 114 Å². The fourth-order valence-electron chi connectivity index (χ4n) is 11.2. The number of carbonyl (C=O) groups excluding carboxylic acids is 4. The van der Waals surface area contributed by atoms with E-state index >= 15 is 0 Å². The van der Waals surface area contributed by atoms with Crippen molar-refractivity contribution in [2.75, 3.05) is 39.6 Å². The van der Waals surface area contributed by atoms with Gasteiger partial charge in [-0.05, 0) is 49.4 Å². The van der Waals surface area contributed by atoms with E-state index in [4.69, 9.17) is 37.0 Å². The van der Waals surface area contributed by atoms with Crippen LogP contribution in [0.4, 0.5) is 0 Å². The van der Waals surface area contributed by atoms with Gasteiger partial charge in [0.2, 0.25) is 0 Å². The first kappa shape index (κ1) is 91.1. The molecule has 3 unspecified atom stereocenters. The molecule has 17 nitrogen and oxygen atoms in total. The van der Waals surface area contributed by atoms with Gasteiger partial charge < -0.3 is 33.8 Å². The van der Waals surface area contributed by atoms with E-state index in [-0.39, 0.29) is 25.7 Å². The monoisotopic (exact) mass is 1370 g/mol. The lowest BCUT2D eigenvalue weighted by Gasteiger charge is -2.21. The fourth-order valence-corrected chi connectivity index (χ4v) is 12.8. The summed E-state index contributed by atoms with van der Waals surface area (Å²) in [5.74, 6) is 0.879. The van der Waals surface area contributed by atoms with Crippen LogP contribution < -0.4 is 0 Å². The molecule has 0 fully saturated rings. The van der Waals surface area contributed by atoms with Crippen LogP contribution in [0.25, 0.3) is 0 Å². The first-order valence-corrected chi connectivity index (χ1v) is 41.2.